The van der Waals surface area contributed by atoms with Crippen LogP contribution in [0.5, 0.6) is 5.75 Å². The van der Waals surface area contributed by atoms with Gasteiger partial charge in [0.1, 0.15) is 0 Å². The molecule has 2 N–H and O–H groups in total. The van der Waals surface area contributed by atoms with Crippen LogP contribution in [0.25, 0.3) is 10.9 Å². The van der Waals surface area contributed by atoms with E-state index in [1.807, 2.05) is 12.3 Å². The molecular formula is C18H22FN3O. The summed E-state index contributed by atoms with van der Waals surface area (Å²) in [5, 5.41) is 8.01. The van der Waals surface area contributed by atoms with Crippen molar-refractivity contribution in [2.45, 2.75) is 25.3 Å². The monoisotopic (exact) mass is 315 g/mol. The molecule has 0 amide bonds. The Morgan fingerprint density at radius 2 is 2.00 bits per heavy atom. The quantitative estimate of drug-likeness (QED) is 0.894. The molecule has 2 aliphatic heterocycles. The van der Waals surface area contributed by atoms with E-state index in [2.05, 4.69) is 15.6 Å². The van der Waals surface area contributed by atoms with Crippen molar-refractivity contribution in [3.63, 3.8) is 0 Å². The predicted octanol–water partition coefficient (Wildman–Crippen LogP) is 2.79. The van der Waals surface area contributed by atoms with Crippen LogP contribution in [0, 0.1) is 11.2 Å². The third-order valence-corrected chi connectivity index (χ3v) is 5.54. The van der Waals surface area contributed by atoms with Gasteiger partial charge in [0, 0.05) is 23.7 Å². The van der Waals surface area contributed by atoms with Gasteiger partial charge in [0.2, 0.25) is 0 Å². The van der Waals surface area contributed by atoms with Gasteiger partial charge in [-0.05, 0) is 62.0 Å². The standard InChI is InChI=1S/C18H22FN3O/c1-23-16-11-15-13(10-14(16)19)12(2-6-21-15)17-18(5-9-22-17)3-7-20-8-4-18/h2,6,10-11,17,20,22H,3-5,7-9H2,1H3. The third kappa shape index (κ3) is 2.39. The zero-order valence-electron chi connectivity index (χ0n) is 13.4. The number of fused-ring (bicyclic) bond motifs is 1. The zero-order valence-corrected chi connectivity index (χ0v) is 13.4. The molecule has 3 heterocycles. The average Bonchev–Trinajstić information content (AvgIpc) is 2.97. The summed E-state index contributed by atoms with van der Waals surface area (Å²) in [7, 11) is 1.48. The molecule has 0 bridgehead atoms. The fourth-order valence-electron chi connectivity index (χ4n) is 4.31. The third-order valence-electron chi connectivity index (χ3n) is 5.54. The molecule has 0 aliphatic carbocycles. The maximum atomic E-state index is 14.2. The lowest BCUT2D eigenvalue weighted by atomic mass is 9.70. The molecule has 2 aromatic rings. The number of nitrogens with zero attached hydrogens (tertiary/aromatic N) is 1. The highest BCUT2D eigenvalue weighted by atomic mass is 19.1. The minimum Gasteiger partial charge on any atom is -0.494 e. The van der Waals surface area contributed by atoms with Gasteiger partial charge in [-0.15, -0.1) is 0 Å². The van der Waals surface area contributed by atoms with E-state index in [-0.39, 0.29) is 23.0 Å². The van der Waals surface area contributed by atoms with Crippen molar-refractivity contribution in [2.75, 3.05) is 26.7 Å². The number of benzene rings is 1. The molecule has 2 fully saturated rings. The van der Waals surface area contributed by atoms with E-state index >= 15 is 0 Å². The summed E-state index contributed by atoms with van der Waals surface area (Å²) in [5.74, 6) is -0.0790. The van der Waals surface area contributed by atoms with Gasteiger partial charge in [-0.25, -0.2) is 4.39 Å². The Morgan fingerprint density at radius 3 is 2.78 bits per heavy atom. The second-order valence-electron chi connectivity index (χ2n) is 6.65. The Morgan fingerprint density at radius 1 is 1.22 bits per heavy atom. The highest BCUT2D eigenvalue weighted by Gasteiger charge is 2.44. The van der Waals surface area contributed by atoms with Crippen molar-refractivity contribution < 1.29 is 9.13 Å². The first-order valence-electron chi connectivity index (χ1n) is 8.30. The lowest BCUT2D eigenvalue weighted by Gasteiger charge is -2.39. The maximum absolute atomic E-state index is 14.2. The molecule has 2 aliphatic rings. The molecular weight excluding hydrogens is 293 g/mol. The van der Waals surface area contributed by atoms with Crippen molar-refractivity contribution in [3.8, 4) is 5.75 Å². The minimum absolute atomic E-state index is 0.248. The normalized spacial score (nSPS) is 23.5. The number of piperidine rings is 1. The van der Waals surface area contributed by atoms with Gasteiger partial charge < -0.3 is 15.4 Å². The summed E-state index contributed by atoms with van der Waals surface area (Å²) in [6.07, 6.45) is 5.33. The van der Waals surface area contributed by atoms with Gasteiger partial charge in [-0.2, -0.15) is 0 Å². The first-order chi connectivity index (χ1) is 11.2. The molecule has 0 saturated carbocycles. The van der Waals surface area contributed by atoms with E-state index in [0.29, 0.717) is 0 Å². The summed E-state index contributed by atoms with van der Waals surface area (Å²) < 4.78 is 19.3. The minimum atomic E-state index is -0.327. The lowest BCUT2D eigenvalue weighted by Crippen LogP contribution is -2.40. The number of nitrogens with one attached hydrogen (secondary N) is 2. The number of methoxy groups -OCH3 is 1. The molecule has 1 atom stereocenters. The largest absolute Gasteiger partial charge is 0.494 e. The SMILES string of the molecule is COc1cc2nccc(C3NCCC34CCNCC4)c2cc1F. The van der Waals surface area contributed by atoms with Crippen LogP contribution in [0.3, 0.4) is 0 Å². The van der Waals surface area contributed by atoms with E-state index in [4.69, 9.17) is 4.74 Å². The van der Waals surface area contributed by atoms with Crippen molar-refractivity contribution >= 4 is 10.9 Å². The van der Waals surface area contributed by atoms with E-state index < -0.39 is 0 Å². The summed E-state index contributed by atoms with van der Waals surface area (Å²) in [6, 6.07) is 5.58. The molecule has 4 nitrogen and oxygen atoms in total. The van der Waals surface area contributed by atoms with Gasteiger partial charge in [0.15, 0.2) is 11.6 Å². The molecule has 1 unspecified atom stereocenters. The molecule has 23 heavy (non-hydrogen) atoms. The fraction of sp³-hybridized carbons (Fsp3) is 0.500. The molecule has 0 radical (unpaired) electrons. The topological polar surface area (TPSA) is 46.2 Å². The van der Waals surface area contributed by atoms with Crippen LogP contribution >= 0.6 is 0 Å². The maximum Gasteiger partial charge on any atom is 0.165 e. The number of halogens is 1. The van der Waals surface area contributed by atoms with E-state index in [9.17, 15) is 4.39 Å². The molecule has 1 spiro atoms. The summed E-state index contributed by atoms with van der Waals surface area (Å²) >= 11 is 0. The summed E-state index contributed by atoms with van der Waals surface area (Å²) in [5.41, 5.74) is 2.23. The Hall–Kier alpha value is -1.72. The Labute approximate surface area is 135 Å². The number of rotatable bonds is 2. The molecule has 2 saturated heterocycles. The Balaban J connectivity index is 1.83. The fourth-order valence-corrected chi connectivity index (χ4v) is 4.31. The Kier molecular flexibility index (Phi) is 3.70. The number of ether oxygens (including phenoxy) is 1. The van der Waals surface area contributed by atoms with Crippen molar-refractivity contribution in [3.05, 3.63) is 35.8 Å². The first-order valence-corrected chi connectivity index (χ1v) is 8.30. The van der Waals surface area contributed by atoms with Gasteiger partial charge >= 0.3 is 0 Å². The van der Waals surface area contributed by atoms with Crippen LogP contribution in [0.1, 0.15) is 30.9 Å². The number of hydrogen-bond donors (Lipinski definition) is 2. The second-order valence-corrected chi connectivity index (χ2v) is 6.65. The van der Waals surface area contributed by atoms with Gasteiger partial charge in [0.25, 0.3) is 0 Å². The molecule has 4 rings (SSSR count). The van der Waals surface area contributed by atoms with Crippen LogP contribution < -0.4 is 15.4 Å². The van der Waals surface area contributed by atoms with Crippen LogP contribution in [-0.2, 0) is 0 Å². The van der Waals surface area contributed by atoms with Crippen LogP contribution in [-0.4, -0.2) is 31.7 Å². The second kappa shape index (κ2) is 5.73. The van der Waals surface area contributed by atoms with Crippen molar-refractivity contribution in [1.29, 1.82) is 0 Å². The van der Waals surface area contributed by atoms with Crippen molar-refractivity contribution in [2.24, 2.45) is 5.41 Å². The number of aromatic nitrogens is 1. The first kappa shape index (κ1) is 14.8. The predicted molar refractivity (Wildman–Crippen MR) is 88.2 cm³/mol. The van der Waals surface area contributed by atoms with E-state index in [0.717, 1.165) is 48.9 Å². The molecule has 1 aromatic carbocycles. The van der Waals surface area contributed by atoms with Gasteiger partial charge in [-0.3, -0.25) is 4.98 Å². The number of pyridine rings is 1. The van der Waals surface area contributed by atoms with Crippen LogP contribution in [0.15, 0.2) is 24.4 Å². The van der Waals surface area contributed by atoms with Crippen molar-refractivity contribution in [1.82, 2.24) is 15.6 Å². The molecule has 1 aromatic heterocycles. The van der Waals surface area contributed by atoms with Crippen LogP contribution in [0.2, 0.25) is 0 Å². The van der Waals surface area contributed by atoms with E-state index in [1.54, 1.807) is 12.1 Å². The molecule has 5 heteroatoms. The Bertz CT molecular complexity index is 728. The number of hydrogen-bond acceptors (Lipinski definition) is 4. The summed E-state index contributed by atoms with van der Waals surface area (Å²) in [6.45, 7) is 3.14. The van der Waals surface area contributed by atoms with Gasteiger partial charge in [0.05, 0.1) is 12.6 Å². The lowest BCUT2D eigenvalue weighted by molar-refractivity contribution is 0.177. The van der Waals surface area contributed by atoms with Crippen LogP contribution in [0.4, 0.5) is 4.39 Å². The smallest absolute Gasteiger partial charge is 0.165 e. The van der Waals surface area contributed by atoms with Gasteiger partial charge in [-0.1, -0.05) is 0 Å². The summed E-state index contributed by atoms with van der Waals surface area (Å²) in [4.78, 5) is 4.41. The molecule has 122 valence electrons. The average molecular weight is 315 g/mol. The highest BCUT2D eigenvalue weighted by molar-refractivity contribution is 5.84. The van der Waals surface area contributed by atoms with E-state index in [1.165, 1.54) is 13.5 Å². The zero-order chi connectivity index (χ0) is 15.9. The highest BCUT2D eigenvalue weighted by Crippen LogP contribution is 2.49.